The minimum Gasteiger partial charge on any atom is -0.329 e. The second kappa shape index (κ2) is 9.01. The molecule has 0 amide bonds. The fourth-order valence-corrected chi connectivity index (χ4v) is 2.31. The number of benzene rings is 1. The van der Waals surface area contributed by atoms with E-state index < -0.39 is 0 Å². The molecule has 0 aliphatic heterocycles. The molecular formula is C17H28ClN5. The fourth-order valence-electron chi connectivity index (χ4n) is 2.31. The van der Waals surface area contributed by atoms with Gasteiger partial charge in [-0.1, -0.05) is 35.5 Å². The van der Waals surface area contributed by atoms with Crippen LogP contribution < -0.4 is 5.73 Å². The van der Waals surface area contributed by atoms with E-state index >= 15 is 0 Å². The average molecular weight is 338 g/mol. The lowest BCUT2D eigenvalue weighted by Crippen LogP contribution is -2.31. The molecule has 0 aliphatic carbocycles. The number of aromatic nitrogens is 3. The van der Waals surface area contributed by atoms with Crippen LogP contribution in [0.15, 0.2) is 36.5 Å². The Balaban J connectivity index is 0.00000264. The Bertz CT molecular complexity index is 562. The van der Waals surface area contributed by atoms with Crippen LogP contribution in [0.1, 0.15) is 32.0 Å². The van der Waals surface area contributed by atoms with Gasteiger partial charge in [0.2, 0.25) is 0 Å². The van der Waals surface area contributed by atoms with Crippen LogP contribution in [0.2, 0.25) is 0 Å². The Kier molecular flexibility index (Phi) is 7.68. The van der Waals surface area contributed by atoms with Crippen LogP contribution >= 0.6 is 12.4 Å². The van der Waals surface area contributed by atoms with Gasteiger partial charge in [-0.2, -0.15) is 0 Å². The average Bonchev–Trinajstić information content (AvgIpc) is 2.95. The molecule has 0 atom stereocenters. The standard InChI is InChI=1S/C17H27N5.ClH/c1-17(2,3)22-14-16(19-20-22)13-21(12-10-18)11-9-15-7-5-4-6-8-15;/h4-8,14H,9-13,18H2,1-3H3;1H. The number of hydrogen-bond acceptors (Lipinski definition) is 4. The third kappa shape index (κ3) is 6.29. The molecular weight excluding hydrogens is 310 g/mol. The Labute approximate surface area is 145 Å². The number of halogens is 1. The molecule has 0 aliphatic rings. The third-order valence-corrected chi connectivity index (χ3v) is 3.62. The number of nitrogens with two attached hydrogens (primary N) is 1. The van der Waals surface area contributed by atoms with Crippen LogP contribution in [0, 0.1) is 0 Å². The quantitative estimate of drug-likeness (QED) is 0.843. The highest BCUT2D eigenvalue weighted by molar-refractivity contribution is 5.85. The molecule has 6 heteroatoms. The van der Waals surface area contributed by atoms with Gasteiger partial charge < -0.3 is 5.73 Å². The monoisotopic (exact) mass is 337 g/mol. The van der Waals surface area contributed by atoms with E-state index in [1.54, 1.807) is 0 Å². The van der Waals surface area contributed by atoms with E-state index in [9.17, 15) is 0 Å². The highest BCUT2D eigenvalue weighted by atomic mass is 35.5. The van der Waals surface area contributed by atoms with E-state index in [2.05, 4.69) is 60.2 Å². The summed E-state index contributed by atoms with van der Waals surface area (Å²) in [5, 5.41) is 8.52. The van der Waals surface area contributed by atoms with E-state index in [1.807, 2.05) is 16.9 Å². The smallest absolute Gasteiger partial charge is 0.0967 e. The summed E-state index contributed by atoms with van der Waals surface area (Å²) in [5.41, 5.74) is 8.06. The van der Waals surface area contributed by atoms with E-state index in [-0.39, 0.29) is 17.9 Å². The van der Waals surface area contributed by atoms with Gasteiger partial charge in [0.1, 0.15) is 0 Å². The van der Waals surface area contributed by atoms with Crippen molar-refractivity contribution in [2.75, 3.05) is 19.6 Å². The lowest BCUT2D eigenvalue weighted by molar-refractivity contribution is 0.273. The zero-order chi connectivity index (χ0) is 16.0. The second-order valence-corrected chi connectivity index (χ2v) is 6.63. The lowest BCUT2D eigenvalue weighted by atomic mass is 10.1. The summed E-state index contributed by atoms with van der Waals surface area (Å²) in [6, 6.07) is 10.5. The van der Waals surface area contributed by atoms with Gasteiger partial charge in [-0.25, -0.2) is 4.68 Å². The van der Waals surface area contributed by atoms with Gasteiger partial charge in [0.25, 0.3) is 0 Å². The summed E-state index contributed by atoms with van der Waals surface area (Å²) in [6.45, 7) is 9.66. The predicted octanol–water partition coefficient (Wildman–Crippen LogP) is 2.46. The highest BCUT2D eigenvalue weighted by Crippen LogP contribution is 2.13. The van der Waals surface area contributed by atoms with Crippen molar-refractivity contribution in [3.63, 3.8) is 0 Å². The molecule has 23 heavy (non-hydrogen) atoms. The van der Waals surface area contributed by atoms with Gasteiger partial charge in [-0.3, -0.25) is 4.90 Å². The molecule has 1 aromatic heterocycles. The Hall–Kier alpha value is -1.43. The van der Waals surface area contributed by atoms with Crippen molar-refractivity contribution in [2.45, 2.75) is 39.3 Å². The first-order chi connectivity index (χ1) is 10.5. The zero-order valence-corrected chi connectivity index (χ0v) is 15.1. The van der Waals surface area contributed by atoms with E-state index in [0.29, 0.717) is 6.54 Å². The van der Waals surface area contributed by atoms with Crippen molar-refractivity contribution < 1.29 is 0 Å². The molecule has 0 unspecified atom stereocenters. The normalized spacial score (nSPS) is 11.5. The van der Waals surface area contributed by atoms with Crippen molar-refractivity contribution in [3.05, 3.63) is 47.8 Å². The van der Waals surface area contributed by atoms with Gasteiger partial charge in [0.05, 0.1) is 17.4 Å². The number of hydrogen-bond donors (Lipinski definition) is 1. The summed E-state index contributed by atoms with van der Waals surface area (Å²) < 4.78 is 1.92. The number of nitrogens with zero attached hydrogens (tertiary/aromatic N) is 4. The van der Waals surface area contributed by atoms with Gasteiger partial charge in [-0.15, -0.1) is 17.5 Å². The summed E-state index contributed by atoms with van der Waals surface area (Å²) in [6.07, 6.45) is 3.06. The first kappa shape index (κ1) is 19.6. The second-order valence-electron chi connectivity index (χ2n) is 6.63. The molecule has 2 rings (SSSR count). The largest absolute Gasteiger partial charge is 0.329 e. The molecule has 0 bridgehead atoms. The van der Waals surface area contributed by atoms with E-state index in [1.165, 1.54) is 5.56 Å². The van der Waals surface area contributed by atoms with Crippen LogP contribution in [0.25, 0.3) is 0 Å². The Morgan fingerprint density at radius 1 is 1.13 bits per heavy atom. The van der Waals surface area contributed by atoms with Crippen LogP contribution in [0.5, 0.6) is 0 Å². The van der Waals surface area contributed by atoms with Gasteiger partial charge in [-0.05, 0) is 32.8 Å². The van der Waals surface area contributed by atoms with Gasteiger partial charge >= 0.3 is 0 Å². The molecule has 0 saturated carbocycles. The molecule has 128 valence electrons. The fraction of sp³-hybridized carbons (Fsp3) is 0.529. The van der Waals surface area contributed by atoms with Crippen molar-refractivity contribution in [1.29, 1.82) is 0 Å². The van der Waals surface area contributed by atoms with Crippen molar-refractivity contribution in [2.24, 2.45) is 5.73 Å². The van der Waals surface area contributed by atoms with E-state index in [0.717, 1.165) is 31.7 Å². The minimum atomic E-state index is -0.0337. The summed E-state index contributed by atoms with van der Waals surface area (Å²) in [4.78, 5) is 2.34. The molecule has 5 nitrogen and oxygen atoms in total. The predicted molar refractivity (Wildman–Crippen MR) is 96.7 cm³/mol. The van der Waals surface area contributed by atoms with Crippen LogP contribution in [-0.4, -0.2) is 39.5 Å². The maximum atomic E-state index is 5.74. The summed E-state index contributed by atoms with van der Waals surface area (Å²) in [5.74, 6) is 0. The summed E-state index contributed by atoms with van der Waals surface area (Å²) >= 11 is 0. The molecule has 0 fully saturated rings. The lowest BCUT2D eigenvalue weighted by Gasteiger charge is -2.20. The first-order valence-corrected chi connectivity index (χ1v) is 7.87. The molecule has 1 heterocycles. The van der Waals surface area contributed by atoms with Crippen molar-refractivity contribution in [1.82, 2.24) is 19.9 Å². The number of rotatable bonds is 7. The molecule has 2 aromatic rings. The van der Waals surface area contributed by atoms with Gasteiger partial charge in [0, 0.05) is 26.2 Å². The zero-order valence-electron chi connectivity index (χ0n) is 14.3. The Morgan fingerprint density at radius 3 is 2.39 bits per heavy atom. The highest BCUT2D eigenvalue weighted by Gasteiger charge is 2.16. The SMILES string of the molecule is CC(C)(C)n1cc(CN(CCN)CCc2ccccc2)nn1.Cl. The molecule has 0 radical (unpaired) electrons. The maximum Gasteiger partial charge on any atom is 0.0967 e. The van der Waals surface area contributed by atoms with Crippen molar-refractivity contribution >= 4 is 12.4 Å². The topological polar surface area (TPSA) is 60.0 Å². The molecule has 0 saturated heterocycles. The summed E-state index contributed by atoms with van der Waals surface area (Å²) in [7, 11) is 0. The first-order valence-electron chi connectivity index (χ1n) is 7.87. The Morgan fingerprint density at radius 2 is 1.83 bits per heavy atom. The van der Waals surface area contributed by atoms with Crippen LogP contribution in [-0.2, 0) is 18.5 Å². The van der Waals surface area contributed by atoms with E-state index in [4.69, 9.17) is 5.73 Å². The third-order valence-electron chi connectivity index (χ3n) is 3.62. The van der Waals surface area contributed by atoms with Crippen LogP contribution in [0.4, 0.5) is 0 Å². The maximum absolute atomic E-state index is 5.74. The molecule has 2 N–H and O–H groups in total. The van der Waals surface area contributed by atoms with Crippen molar-refractivity contribution in [3.8, 4) is 0 Å². The molecule has 1 aromatic carbocycles. The van der Waals surface area contributed by atoms with Gasteiger partial charge in [0.15, 0.2) is 0 Å². The van der Waals surface area contributed by atoms with Crippen LogP contribution in [0.3, 0.4) is 0 Å². The molecule has 0 spiro atoms. The minimum absolute atomic E-state index is 0.